The van der Waals surface area contributed by atoms with Crippen LogP contribution >= 0.6 is 0 Å². The Labute approximate surface area is 171 Å². The highest BCUT2D eigenvalue weighted by atomic mass is 16.5. The SMILES string of the molecule is O=C(/C=C/C(=O)OCC(=O)C(=O)N1CCOCC1)OCC(=O)C(=O)N1CCOCC1. The van der Waals surface area contributed by atoms with Crippen LogP contribution in [0.4, 0.5) is 0 Å². The van der Waals surface area contributed by atoms with Crippen LogP contribution in [-0.2, 0) is 47.7 Å². The summed E-state index contributed by atoms with van der Waals surface area (Å²) >= 11 is 0. The zero-order chi connectivity index (χ0) is 21.9. The van der Waals surface area contributed by atoms with Crippen LogP contribution in [0.2, 0.25) is 0 Å². The number of carbonyl (C=O) groups excluding carboxylic acids is 6. The Hall–Kier alpha value is -3.12. The van der Waals surface area contributed by atoms with E-state index in [9.17, 15) is 28.8 Å². The number of hydrogen-bond acceptors (Lipinski definition) is 10. The van der Waals surface area contributed by atoms with Gasteiger partial charge >= 0.3 is 11.9 Å². The number of morpholine rings is 2. The molecule has 0 radical (unpaired) electrons. The number of hydrogen-bond donors (Lipinski definition) is 0. The predicted octanol–water partition coefficient (Wildman–Crippen LogP) is -2.52. The number of esters is 2. The van der Waals surface area contributed by atoms with Gasteiger partial charge in [0, 0.05) is 38.3 Å². The Kier molecular flexibility index (Phi) is 9.09. The maximum absolute atomic E-state index is 11.9. The largest absolute Gasteiger partial charge is 0.454 e. The maximum atomic E-state index is 11.9. The molecule has 2 aliphatic heterocycles. The molecule has 2 fully saturated rings. The van der Waals surface area contributed by atoms with Crippen molar-refractivity contribution in [3.63, 3.8) is 0 Å². The Morgan fingerprint density at radius 2 is 0.967 bits per heavy atom. The lowest BCUT2D eigenvalue weighted by atomic mass is 10.3. The molecule has 2 aliphatic rings. The van der Waals surface area contributed by atoms with Gasteiger partial charge in [0.15, 0.2) is 13.2 Å². The van der Waals surface area contributed by atoms with E-state index in [-0.39, 0.29) is 26.2 Å². The molecule has 0 bridgehead atoms. The first kappa shape index (κ1) is 23.2. The average molecular weight is 426 g/mol. The van der Waals surface area contributed by atoms with Gasteiger partial charge in [-0.15, -0.1) is 0 Å². The predicted molar refractivity (Wildman–Crippen MR) is 95.9 cm³/mol. The van der Waals surface area contributed by atoms with Gasteiger partial charge in [0.05, 0.1) is 26.4 Å². The Balaban J connectivity index is 1.66. The second-order valence-electron chi connectivity index (χ2n) is 6.20. The molecule has 2 heterocycles. The number of ether oxygens (including phenoxy) is 4. The van der Waals surface area contributed by atoms with Gasteiger partial charge in [0.25, 0.3) is 23.4 Å². The fraction of sp³-hybridized carbons (Fsp3) is 0.556. The lowest BCUT2D eigenvalue weighted by Crippen LogP contribution is -2.45. The van der Waals surface area contributed by atoms with Gasteiger partial charge in [-0.2, -0.15) is 0 Å². The highest BCUT2D eigenvalue weighted by Crippen LogP contribution is 2.00. The molecule has 2 amide bonds. The minimum Gasteiger partial charge on any atom is -0.454 e. The first-order chi connectivity index (χ1) is 14.4. The number of nitrogens with zero attached hydrogens (tertiary/aromatic N) is 2. The molecule has 30 heavy (non-hydrogen) atoms. The fourth-order valence-electron chi connectivity index (χ4n) is 2.51. The van der Waals surface area contributed by atoms with Crippen molar-refractivity contribution < 1.29 is 47.7 Å². The number of rotatable bonds is 8. The Morgan fingerprint density at radius 1 is 0.633 bits per heavy atom. The van der Waals surface area contributed by atoms with Crippen molar-refractivity contribution in [2.45, 2.75) is 0 Å². The van der Waals surface area contributed by atoms with E-state index < -0.39 is 48.5 Å². The molecule has 0 aliphatic carbocycles. The lowest BCUT2D eigenvalue weighted by Gasteiger charge is -2.25. The van der Waals surface area contributed by atoms with Crippen LogP contribution in [0.1, 0.15) is 0 Å². The molecule has 0 aromatic carbocycles. The van der Waals surface area contributed by atoms with Gasteiger partial charge in [0.2, 0.25) is 0 Å². The van der Waals surface area contributed by atoms with E-state index in [1.807, 2.05) is 0 Å². The standard InChI is InChI=1S/C18H22N2O10/c21-13(17(25)19-3-7-27-8-4-19)11-29-15(23)1-2-16(24)30-12-14(22)18(26)20-5-9-28-10-6-20/h1-2H,3-12H2/b2-1+. The monoisotopic (exact) mass is 426 g/mol. The summed E-state index contributed by atoms with van der Waals surface area (Å²) in [7, 11) is 0. The van der Waals surface area contributed by atoms with Crippen molar-refractivity contribution in [2.75, 3.05) is 65.8 Å². The molecular weight excluding hydrogens is 404 g/mol. The first-order valence-corrected chi connectivity index (χ1v) is 9.19. The van der Waals surface area contributed by atoms with Crippen LogP contribution in [0.15, 0.2) is 12.2 Å². The third kappa shape index (κ3) is 7.37. The van der Waals surface area contributed by atoms with E-state index >= 15 is 0 Å². The third-order valence-electron chi connectivity index (χ3n) is 4.12. The van der Waals surface area contributed by atoms with E-state index in [1.54, 1.807) is 0 Å². The molecule has 2 rings (SSSR count). The van der Waals surface area contributed by atoms with E-state index in [0.717, 1.165) is 0 Å². The normalized spacial score (nSPS) is 16.8. The minimum absolute atomic E-state index is 0.275. The van der Waals surface area contributed by atoms with Gasteiger partial charge < -0.3 is 28.7 Å². The van der Waals surface area contributed by atoms with E-state index in [4.69, 9.17) is 9.47 Å². The molecular formula is C18H22N2O10. The molecule has 12 nitrogen and oxygen atoms in total. The van der Waals surface area contributed by atoms with Crippen LogP contribution < -0.4 is 0 Å². The Bertz CT molecular complexity index is 660. The van der Waals surface area contributed by atoms with Crippen LogP contribution in [0, 0.1) is 0 Å². The zero-order valence-corrected chi connectivity index (χ0v) is 16.2. The van der Waals surface area contributed by atoms with Crippen LogP contribution in [-0.4, -0.2) is 111 Å². The van der Waals surface area contributed by atoms with Crippen molar-refractivity contribution in [3.05, 3.63) is 12.2 Å². The molecule has 0 spiro atoms. The van der Waals surface area contributed by atoms with Crippen molar-refractivity contribution in [1.29, 1.82) is 0 Å². The average Bonchev–Trinajstić information content (AvgIpc) is 2.79. The molecule has 164 valence electrons. The lowest BCUT2D eigenvalue weighted by molar-refractivity contribution is -0.153. The zero-order valence-electron chi connectivity index (χ0n) is 16.2. The number of ketones is 2. The van der Waals surface area contributed by atoms with Crippen molar-refractivity contribution in [1.82, 2.24) is 9.80 Å². The van der Waals surface area contributed by atoms with Crippen molar-refractivity contribution >= 4 is 35.3 Å². The maximum Gasteiger partial charge on any atom is 0.331 e. The summed E-state index contributed by atoms with van der Waals surface area (Å²) in [6.45, 7) is 0.840. The van der Waals surface area contributed by atoms with Crippen molar-refractivity contribution in [3.8, 4) is 0 Å². The summed E-state index contributed by atoms with van der Waals surface area (Å²) in [6, 6.07) is 0. The molecule has 0 saturated carbocycles. The summed E-state index contributed by atoms with van der Waals surface area (Å²) in [4.78, 5) is 72.9. The molecule has 0 aromatic heterocycles. The van der Waals surface area contributed by atoms with Crippen molar-refractivity contribution in [2.24, 2.45) is 0 Å². The second kappa shape index (κ2) is 11.8. The quantitative estimate of drug-likeness (QED) is 0.232. The van der Waals surface area contributed by atoms with Gasteiger partial charge in [-0.25, -0.2) is 9.59 Å². The third-order valence-corrected chi connectivity index (χ3v) is 4.12. The number of carbonyl (C=O) groups is 6. The smallest absolute Gasteiger partial charge is 0.331 e. The molecule has 0 aromatic rings. The van der Waals surface area contributed by atoms with Gasteiger partial charge in [-0.3, -0.25) is 19.2 Å². The van der Waals surface area contributed by atoms with Crippen LogP contribution in [0.3, 0.4) is 0 Å². The van der Waals surface area contributed by atoms with Gasteiger partial charge in [0.1, 0.15) is 0 Å². The highest BCUT2D eigenvalue weighted by molar-refractivity contribution is 6.37. The van der Waals surface area contributed by atoms with E-state index in [2.05, 4.69) is 9.47 Å². The summed E-state index contributed by atoms with van der Waals surface area (Å²) in [5.74, 6) is -5.48. The fourth-order valence-corrected chi connectivity index (χ4v) is 2.51. The topological polar surface area (TPSA) is 146 Å². The molecule has 0 unspecified atom stereocenters. The van der Waals surface area contributed by atoms with Crippen LogP contribution in [0.25, 0.3) is 0 Å². The molecule has 0 N–H and O–H groups in total. The molecule has 2 saturated heterocycles. The molecule has 0 atom stereocenters. The molecule has 12 heteroatoms. The van der Waals surface area contributed by atoms with E-state index in [0.29, 0.717) is 38.6 Å². The summed E-state index contributed by atoms with van der Waals surface area (Å²) in [6.07, 6.45) is 1.37. The Morgan fingerprint density at radius 3 is 1.30 bits per heavy atom. The number of Topliss-reactive ketones (excluding diaryl/α,β-unsaturated/α-hetero) is 2. The first-order valence-electron chi connectivity index (χ1n) is 9.19. The minimum atomic E-state index is -1.05. The van der Waals surface area contributed by atoms with Gasteiger partial charge in [-0.05, 0) is 0 Å². The van der Waals surface area contributed by atoms with Crippen LogP contribution in [0.5, 0.6) is 0 Å². The summed E-state index contributed by atoms with van der Waals surface area (Å²) in [5, 5.41) is 0. The second-order valence-corrected chi connectivity index (χ2v) is 6.20. The summed E-state index contributed by atoms with van der Waals surface area (Å²) < 4.78 is 19.4. The highest BCUT2D eigenvalue weighted by Gasteiger charge is 2.25. The van der Waals surface area contributed by atoms with Gasteiger partial charge in [-0.1, -0.05) is 0 Å². The summed E-state index contributed by atoms with van der Waals surface area (Å²) in [5.41, 5.74) is 0. The van der Waals surface area contributed by atoms with E-state index in [1.165, 1.54) is 9.80 Å². The number of amides is 2.